The SMILES string of the molecule is C=CC.C=CC(=C)C(S)C(=C)N.C=CCCCCCCCNCCCCCCCC(CC)CCCCCCCC.CC.CC=CB(C)C=CC.CCC.CCCCCCCCC(CC)CCCCCCCC. The van der Waals surface area contributed by atoms with Gasteiger partial charge in [0.15, 0.2) is 6.71 Å². The maximum atomic E-state index is 5.33. The molecule has 0 spiro atoms. The van der Waals surface area contributed by atoms with Crippen molar-refractivity contribution < 1.29 is 0 Å². The van der Waals surface area contributed by atoms with Crippen molar-refractivity contribution in [2.75, 3.05) is 13.1 Å². The summed E-state index contributed by atoms with van der Waals surface area (Å²) in [5.41, 5.74) is 6.62. The molecule has 2 unspecified atom stereocenters. The lowest BCUT2D eigenvalue weighted by atomic mass is 9.52. The molecule has 0 aromatic heterocycles. The van der Waals surface area contributed by atoms with Crippen LogP contribution in [-0.4, -0.2) is 25.1 Å². The molecule has 0 radical (unpaired) electrons. The van der Waals surface area contributed by atoms with Crippen molar-refractivity contribution in [3.63, 3.8) is 0 Å². The number of hydrogen-bond donors (Lipinski definition) is 3. The topological polar surface area (TPSA) is 38.0 Å². The Morgan fingerprint density at radius 3 is 1.01 bits per heavy atom. The number of unbranched alkanes of at least 4 members (excludes halogenated alkanes) is 24. The number of rotatable bonds is 44. The third-order valence-corrected chi connectivity index (χ3v) is 13.4. The smallest absolute Gasteiger partial charge is 0.188 e. The average molecular weight is 1030 g/mol. The van der Waals surface area contributed by atoms with Gasteiger partial charge in [0.2, 0.25) is 0 Å². The molecule has 0 fully saturated rings. The van der Waals surface area contributed by atoms with E-state index in [2.05, 4.69) is 130 Å². The molecular formula is C68H139BN2S. The standard InChI is InChI=1S/C27H55N.C19H40.C7H13B.C7H11NS.C3H8.C3H6.C2H6/c1-4-7-9-11-13-17-21-25-28-26-22-18-14-16-20-24-27(6-3)23-19-15-12-10-8-5-2;1-4-7-9-11-13-15-17-19(6-3)18-16-14-12-10-8-5-2;1-4-6-8(3)7-5-2;1-4-5(2)7(9)6(3)8;2*1-3-2;1-2/h4,27-28H,1,5-26H2,2-3H3;19H,4-18H2,1-3H3;4-7H,1-3H3;4,7,9H,1-3,8H2;3H2,1-2H3;3H,1H2,2H3;1-2H3. The van der Waals surface area contributed by atoms with Crippen molar-refractivity contribution in [2.24, 2.45) is 17.6 Å². The average Bonchev–Trinajstić information content (AvgIpc) is 3.38. The van der Waals surface area contributed by atoms with Gasteiger partial charge in [-0.15, -0.1) is 25.1 Å². The second kappa shape index (κ2) is 83.3. The van der Waals surface area contributed by atoms with Gasteiger partial charge in [-0.2, -0.15) is 12.6 Å². The van der Waals surface area contributed by atoms with Crippen LogP contribution in [0.25, 0.3) is 0 Å². The van der Waals surface area contributed by atoms with Crippen molar-refractivity contribution in [3.05, 3.63) is 86.5 Å². The van der Waals surface area contributed by atoms with E-state index in [0.29, 0.717) is 12.4 Å². The summed E-state index contributed by atoms with van der Waals surface area (Å²) in [5, 5.41) is 3.48. The van der Waals surface area contributed by atoms with E-state index in [-0.39, 0.29) is 5.25 Å². The Morgan fingerprint density at radius 1 is 0.500 bits per heavy atom. The predicted octanol–water partition coefficient (Wildman–Crippen LogP) is 24.2. The second-order valence-electron chi connectivity index (χ2n) is 20.2. The van der Waals surface area contributed by atoms with Gasteiger partial charge < -0.3 is 11.1 Å². The highest BCUT2D eigenvalue weighted by molar-refractivity contribution is 7.81. The Balaban J connectivity index is -0.000000164. The fourth-order valence-electron chi connectivity index (χ4n) is 8.17. The van der Waals surface area contributed by atoms with Gasteiger partial charge in [-0.1, -0.05) is 325 Å². The normalized spacial score (nSPS) is 11.1. The van der Waals surface area contributed by atoms with E-state index in [9.17, 15) is 0 Å². The molecule has 0 aliphatic carbocycles. The molecule has 4 heteroatoms. The van der Waals surface area contributed by atoms with Crippen LogP contribution in [-0.2, 0) is 0 Å². The molecule has 72 heavy (non-hydrogen) atoms. The lowest BCUT2D eigenvalue weighted by molar-refractivity contribution is 0.392. The van der Waals surface area contributed by atoms with E-state index >= 15 is 0 Å². The second-order valence-corrected chi connectivity index (χ2v) is 20.7. The highest BCUT2D eigenvalue weighted by Crippen LogP contribution is 2.23. The summed E-state index contributed by atoms with van der Waals surface area (Å²) in [5.74, 6) is 6.36. The first-order valence-electron chi connectivity index (χ1n) is 31.5. The number of allylic oxidation sites excluding steroid dienone is 5. The van der Waals surface area contributed by atoms with Crippen LogP contribution < -0.4 is 11.1 Å². The van der Waals surface area contributed by atoms with Crippen LogP contribution in [0.1, 0.15) is 314 Å². The van der Waals surface area contributed by atoms with E-state index in [1.165, 1.54) is 244 Å². The minimum atomic E-state index is -0.150. The van der Waals surface area contributed by atoms with E-state index in [1.807, 2.05) is 40.7 Å². The molecule has 0 aliphatic heterocycles. The minimum Gasteiger partial charge on any atom is -0.401 e. The molecule has 3 N–H and O–H groups in total. The summed E-state index contributed by atoms with van der Waals surface area (Å²) in [4.78, 5) is 0. The van der Waals surface area contributed by atoms with Crippen LogP contribution in [0.3, 0.4) is 0 Å². The summed E-state index contributed by atoms with van der Waals surface area (Å²) in [6.07, 6.45) is 60.9. The van der Waals surface area contributed by atoms with Crippen LogP contribution in [0, 0.1) is 11.8 Å². The van der Waals surface area contributed by atoms with Crippen molar-refractivity contribution in [2.45, 2.75) is 326 Å². The molecule has 2 atom stereocenters. The molecule has 0 bridgehead atoms. The third-order valence-electron chi connectivity index (χ3n) is 12.7. The quantitative estimate of drug-likeness (QED) is 0.0187. The number of thiol groups is 1. The predicted molar refractivity (Wildman–Crippen MR) is 350 cm³/mol. The van der Waals surface area contributed by atoms with Gasteiger partial charge in [-0.05, 0) is 77.0 Å². The molecule has 0 rings (SSSR count). The molecule has 0 heterocycles. The summed E-state index contributed by atoms with van der Waals surface area (Å²) >= 11 is 4.10. The van der Waals surface area contributed by atoms with E-state index < -0.39 is 0 Å². The Labute approximate surface area is 465 Å². The molecule has 0 saturated heterocycles. The van der Waals surface area contributed by atoms with E-state index in [1.54, 1.807) is 12.2 Å². The number of hydrogen-bond acceptors (Lipinski definition) is 3. The van der Waals surface area contributed by atoms with Gasteiger partial charge in [0.1, 0.15) is 0 Å². The lowest BCUT2D eigenvalue weighted by Gasteiger charge is -2.14. The van der Waals surface area contributed by atoms with Crippen LogP contribution in [0.15, 0.2) is 86.5 Å². The van der Waals surface area contributed by atoms with Gasteiger partial charge >= 0.3 is 0 Å². The molecule has 2 nitrogen and oxygen atoms in total. The van der Waals surface area contributed by atoms with Crippen molar-refractivity contribution in [3.8, 4) is 0 Å². The first kappa shape index (κ1) is 84.3. The van der Waals surface area contributed by atoms with Crippen LogP contribution in [0.2, 0.25) is 6.82 Å². The van der Waals surface area contributed by atoms with Gasteiger partial charge in [-0.25, -0.2) is 0 Å². The first-order chi connectivity index (χ1) is 34.9. The first-order valence-corrected chi connectivity index (χ1v) is 32.0. The minimum absolute atomic E-state index is 0.150. The highest BCUT2D eigenvalue weighted by Gasteiger charge is 2.07. The Hall–Kier alpha value is -1.65. The number of nitrogens with one attached hydrogen (secondary N) is 1. The van der Waals surface area contributed by atoms with Crippen molar-refractivity contribution >= 4 is 19.3 Å². The molecule has 0 amide bonds. The Kier molecular flexibility index (Phi) is 97.6. The molecule has 0 saturated carbocycles. The fourth-order valence-corrected chi connectivity index (χ4v) is 8.28. The number of nitrogens with two attached hydrogens (primary N) is 1. The molecule has 0 aliphatic rings. The monoisotopic (exact) mass is 1030 g/mol. The van der Waals surface area contributed by atoms with Gasteiger partial charge in [0, 0.05) is 5.70 Å². The summed E-state index contributed by atoms with van der Waals surface area (Å²) in [6, 6.07) is 0. The summed E-state index contributed by atoms with van der Waals surface area (Å²) in [6.45, 7) is 49.0. The molecule has 430 valence electrons. The summed E-state index contributed by atoms with van der Waals surface area (Å²) in [7, 11) is 0. The van der Waals surface area contributed by atoms with Crippen molar-refractivity contribution in [1.29, 1.82) is 0 Å². The third kappa shape index (κ3) is 88.0. The largest absolute Gasteiger partial charge is 0.401 e. The molecule has 0 aromatic rings. The van der Waals surface area contributed by atoms with E-state index in [0.717, 1.165) is 17.4 Å². The summed E-state index contributed by atoms with van der Waals surface area (Å²) < 4.78 is 0. The zero-order valence-electron chi connectivity index (χ0n) is 52.3. The Bertz CT molecular complexity index is 1020. The van der Waals surface area contributed by atoms with Gasteiger partial charge in [-0.3, -0.25) is 0 Å². The zero-order chi connectivity index (χ0) is 56.0. The van der Waals surface area contributed by atoms with E-state index in [4.69, 9.17) is 5.73 Å². The van der Waals surface area contributed by atoms with Crippen LogP contribution in [0.5, 0.6) is 0 Å². The maximum absolute atomic E-state index is 5.33. The molecular weight excluding hydrogens is 888 g/mol. The fraction of sp³-hybridized carbons (Fsp3) is 0.794. The maximum Gasteiger partial charge on any atom is 0.188 e. The highest BCUT2D eigenvalue weighted by atomic mass is 32.1. The van der Waals surface area contributed by atoms with Gasteiger partial charge in [0.05, 0.1) is 5.25 Å². The Morgan fingerprint density at radius 2 is 0.778 bits per heavy atom. The van der Waals surface area contributed by atoms with Crippen LogP contribution >= 0.6 is 12.6 Å². The van der Waals surface area contributed by atoms with Gasteiger partial charge in [0.25, 0.3) is 0 Å². The van der Waals surface area contributed by atoms with Crippen LogP contribution in [0.4, 0.5) is 0 Å². The zero-order valence-corrected chi connectivity index (χ0v) is 53.2. The lowest BCUT2D eigenvalue weighted by Crippen LogP contribution is -2.16. The van der Waals surface area contributed by atoms with Crippen molar-refractivity contribution in [1.82, 2.24) is 5.32 Å². The molecule has 0 aromatic carbocycles.